The van der Waals surface area contributed by atoms with Crippen molar-refractivity contribution in [2.24, 2.45) is 5.41 Å². The first kappa shape index (κ1) is 16.9. The van der Waals surface area contributed by atoms with E-state index in [4.69, 9.17) is 5.11 Å². The van der Waals surface area contributed by atoms with E-state index < -0.39 is 21.4 Å². The molecular formula is C12H22N2O5S. The number of hydrogen-bond acceptors (Lipinski definition) is 4. The predicted molar refractivity (Wildman–Crippen MR) is 73.6 cm³/mol. The van der Waals surface area contributed by atoms with Crippen molar-refractivity contribution in [1.82, 2.24) is 9.21 Å². The average Bonchev–Trinajstić information content (AvgIpc) is 2.25. The van der Waals surface area contributed by atoms with Crippen molar-refractivity contribution >= 4 is 21.9 Å². The number of nitrogens with zero attached hydrogens (tertiary/aromatic N) is 2. The van der Waals surface area contributed by atoms with Gasteiger partial charge in [0.05, 0.1) is 12.7 Å². The molecule has 1 fully saturated rings. The van der Waals surface area contributed by atoms with Crippen LogP contribution in [0.2, 0.25) is 0 Å². The maximum Gasteiger partial charge on any atom is 0.303 e. The molecule has 0 atom stereocenters. The lowest BCUT2D eigenvalue weighted by Gasteiger charge is -2.35. The first-order chi connectivity index (χ1) is 9.01. The third kappa shape index (κ3) is 5.09. The number of carbonyl (C=O) groups is 2. The van der Waals surface area contributed by atoms with Crippen molar-refractivity contribution in [1.29, 1.82) is 0 Å². The molecule has 7 nitrogen and oxygen atoms in total. The van der Waals surface area contributed by atoms with Gasteiger partial charge < -0.3 is 10.0 Å². The maximum atomic E-state index is 12.1. The van der Waals surface area contributed by atoms with Crippen LogP contribution in [0, 0.1) is 5.41 Å². The molecule has 8 heteroatoms. The molecule has 20 heavy (non-hydrogen) atoms. The number of hydrogen-bond donors (Lipinski definition) is 1. The molecule has 0 aromatic rings. The van der Waals surface area contributed by atoms with Gasteiger partial charge in [-0.1, -0.05) is 13.8 Å². The molecule has 0 aromatic heterocycles. The number of carboxylic acids is 1. The van der Waals surface area contributed by atoms with Gasteiger partial charge in [0.15, 0.2) is 0 Å². The zero-order valence-corrected chi connectivity index (χ0v) is 12.9. The Bertz CT molecular complexity index is 478. The van der Waals surface area contributed by atoms with E-state index in [1.807, 2.05) is 0 Å². The molecule has 1 amide bonds. The van der Waals surface area contributed by atoms with Crippen LogP contribution in [-0.4, -0.2) is 67.0 Å². The number of carboxylic acid groups (broad SMARTS) is 1. The molecule has 116 valence electrons. The minimum atomic E-state index is -3.21. The second-order valence-electron chi connectivity index (χ2n) is 5.95. The van der Waals surface area contributed by atoms with Crippen molar-refractivity contribution in [2.75, 3.05) is 32.4 Å². The molecule has 0 saturated carbocycles. The Morgan fingerprint density at radius 3 is 2.00 bits per heavy atom. The van der Waals surface area contributed by atoms with E-state index in [-0.39, 0.29) is 18.7 Å². The van der Waals surface area contributed by atoms with Crippen molar-refractivity contribution in [3.8, 4) is 0 Å². The molecule has 0 bridgehead atoms. The second kappa shape index (κ2) is 6.09. The minimum Gasteiger partial charge on any atom is -0.481 e. The Morgan fingerprint density at radius 1 is 1.10 bits per heavy atom. The molecule has 0 unspecified atom stereocenters. The zero-order chi connectivity index (χ0) is 15.6. The van der Waals surface area contributed by atoms with E-state index >= 15 is 0 Å². The van der Waals surface area contributed by atoms with Crippen LogP contribution in [0.5, 0.6) is 0 Å². The van der Waals surface area contributed by atoms with Crippen LogP contribution in [0.1, 0.15) is 26.7 Å². The van der Waals surface area contributed by atoms with E-state index in [0.717, 1.165) is 6.26 Å². The van der Waals surface area contributed by atoms with Crippen molar-refractivity contribution in [3.05, 3.63) is 0 Å². The first-order valence-corrected chi connectivity index (χ1v) is 8.31. The van der Waals surface area contributed by atoms with Crippen molar-refractivity contribution in [3.63, 3.8) is 0 Å². The summed E-state index contributed by atoms with van der Waals surface area (Å²) in [5.41, 5.74) is -0.600. The fourth-order valence-electron chi connectivity index (χ4n) is 2.26. The summed E-state index contributed by atoms with van der Waals surface area (Å²) in [6.07, 6.45) is 1.24. The van der Waals surface area contributed by atoms with Gasteiger partial charge in [-0.3, -0.25) is 9.59 Å². The van der Waals surface area contributed by atoms with Gasteiger partial charge in [0.25, 0.3) is 0 Å². The van der Waals surface area contributed by atoms with E-state index in [2.05, 4.69) is 0 Å². The highest BCUT2D eigenvalue weighted by molar-refractivity contribution is 7.88. The smallest absolute Gasteiger partial charge is 0.303 e. The number of piperazine rings is 1. The normalized spacial score (nSPS) is 18.1. The molecule has 1 saturated heterocycles. The number of carbonyl (C=O) groups excluding carboxylic acids is 1. The predicted octanol–water partition coefficient (Wildman–Crippen LogP) is -0.0188. The van der Waals surface area contributed by atoms with Crippen LogP contribution in [0.15, 0.2) is 0 Å². The molecule has 0 radical (unpaired) electrons. The summed E-state index contributed by atoms with van der Waals surface area (Å²) in [4.78, 5) is 24.4. The fraction of sp³-hybridized carbons (Fsp3) is 0.833. The summed E-state index contributed by atoms with van der Waals surface area (Å²) in [5.74, 6) is -1.05. The van der Waals surface area contributed by atoms with Gasteiger partial charge in [0, 0.05) is 32.6 Å². The lowest BCUT2D eigenvalue weighted by atomic mass is 9.85. The van der Waals surface area contributed by atoms with Gasteiger partial charge in [-0.15, -0.1) is 0 Å². The van der Waals surface area contributed by atoms with Crippen molar-refractivity contribution < 1.29 is 23.1 Å². The molecule has 0 aromatic carbocycles. The summed E-state index contributed by atoms with van der Waals surface area (Å²) < 4.78 is 24.1. The standard InChI is InChI=1S/C12H22N2O5S/c1-12(2,9-11(16)17)8-10(15)13-4-6-14(7-5-13)20(3,18)19/h4-9H2,1-3H3,(H,16,17). The summed E-state index contributed by atoms with van der Waals surface area (Å²) >= 11 is 0. The van der Waals surface area contributed by atoms with E-state index in [9.17, 15) is 18.0 Å². The zero-order valence-electron chi connectivity index (χ0n) is 12.1. The molecule has 1 aliphatic rings. The van der Waals surface area contributed by atoms with E-state index in [0.29, 0.717) is 26.2 Å². The quantitative estimate of drug-likeness (QED) is 0.770. The SMILES string of the molecule is CC(C)(CC(=O)O)CC(=O)N1CCN(S(C)(=O)=O)CC1. The van der Waals surface area contributed by atoms with Gasteiger partial charge in [0.2, 0.25) is 15.9 Å². The Labute approximate surface area is 119 Å². The molecule has 1 aliphatic heterocycles. The van der Waals surface area contributed by atoms with Gasteiger partial charge in [-0.25, -0.2) is 8.42 Å². The summed E-state index contributed by atoms with van der Waals surface area (Å²) in [6.45, 7) is 4.79. The van der Waals surface area contributed by atoms with Gasteiger partial charge >= 0.3 is 5.97 Å². The van der Waals surface area contributed by atoms with Gasteiger partial charge in [0.1, 0.15) is 0 Å². The minimum absolute atomic E-state index is 0.0674. The van der Waals surface area contributed by atoms with Crippen LogP contribution in [0.4, 0.5) is 0 Å². The number of rotatable bonds is 5. The molecule has 0 spiro atoms. The largest absolute Gasteiger partial charge is 0.481 e. The third-order valence-corrected chi connectivity index (χ3v) is 4.62. The second-order valence-corrected chi connectivity index (χ2v) is 7.94. The average molecular weight is 306 g/mol. The monoisotopic (exact) mass is 306 g/mol. The van der Waals surface area contributed by atoms with Crippen LogP contribution >= 0.6 is 0 Å². The number of sulfonamides is 1. The fourth-order valence-corrected chi connectivity index (χ4v) is 3.09. The maximum absolute atomic E-state index is 12.1. The van der Waals surface area contributed by atoms with Crippen LogP contribution in [0.25, 0.3) is 0 Å². The Balaban J connectivity index is 2.53. The Kier molecular flexibility index (Phi) is 5.15. The molecule has 1 heterocycles. The third-order valence-electron chi connectivity index (χ3n) is 3.32. The molecule has 1 N–H and O–H groups in total. The van der Waals surface area contributed by atoms with E-state index in [1.54, 1.807) is 18.7 Å². The van der Waals surface area contributed by atoms with Gasteiger partial charge in [-0.05, 0) is 5.41 Å². The highest BCUT2D eigenvalue weighted by Crippen LogP contribution is 2.26. The lowest BCUT2D eigenvalue weighted by Crippen LogP contribution is -2.50. The number of aliphatic carboxylic acids is 1. The summed E-state index contributed by atoms with van der Waals surface area (Å²) in [6, 6.07) is 0. The summed E-state index contributed by atoms with van der Waals surface area (Å²) in [7, 11) is -3.21. The van der Waals surface area contributed by atoms with Crippen LogP contribution in [-0.2, 0) is 19.6 Å². The first-order valence-electron chi connectivity index (χ1n) is 6.46. The van der Waals surface area contributed by atoms with E-state index in [1.165, 1.54) is 4.31 Å². The van der Waals surface area contributed by atoms with Crippen LogP contribution in [0.3, 0.4) is 0 Å². The Morgan fingerprint density at radius 2 is 1.60 bits per heavy atom. The molecular weight excluding hydrogens is 284 g/mol. The highest BCUT2D eigenvalue weighted by atomic mass is 32.2. The molecule has 1 rings (SSSR count). The molecule has 0 aliphatic carbocycles. The lowest BCUT2D eigenvalue weighted by molar-refractivity contribution is -0.141. The Hall–Kier alpha value is -1.15. The highest BCUT2D eigenvalue weighted by Gasteiger charge is 2.30. The van der Waals surface area contributed by atoms with Crippen LogP contribution < -0.4 is 0 Å². The van der Waals surface area contributed by atoms with Crippen molar-refractivity contribution in [2.45, 2.75) is 26.7 Å². The number of amides is 1. The summed E-state index contributed by atoms with van der Waals surface area (Å²) in [5, 5.41) is 8.80. The van der Waals surface area contributed by atoms with Gasteiger partial charge in [-0.2, -0.15) is 4.31 Å². The topological polar surface area (TPSA) is 95.0 Å².